The Morgan fingerprint density at radius 2 is 1.73 bits per heavy atom. The topological polar surface area (TPSA) is 97.8 Å². The quantitative estimate of drug-likeness (QED) is 0.488. The van der Waals surface area contributed by atoms with E-state index in [2.05, 4.69) is 4.98 Å². The van der Waals surface area contributed by atoms with Gasteiger partial charge in [0.1, 0.15) is 5.82 Å². The molecule has 0 saturated heterocycles. The average molecular weight is 340 g/mol. The van der Waals surface area contributed by atoms with Crippen molar-refractivity contribution in [2.24, 2.45) is 5.73 Å². The molecule has 0 unspecified atom stereocenters. The highest BCUT2D eigenvalue weighted by Crippen LogP contribution is 2.48. The van der Waals surface area contributed by atoms with Crippen molar-refractivity contribution >= 4 is 22.6 Å². The predicted molar refractivity (Wildman–Crippen MR) is 102 cm³/mol. The van der Waals surface area contributed by atoms with E-state index in [4.69, 9.17) is 16.5 Å². The lowest BCUT2D eigenvalue weighted by Crippen LogP contribution is -2.20. The van der Waals surface area contributed by atoms with Crippen LogP contribution in [0.5, 0.6) is 0 Å². The number of nitrogens with zero attached hydrogens (tertiary/aromatic N) is 1. The molecular weight excluding hydrogens is 324 g/mol. The summed E-state index contributed by atoms with van der Waals surface area (Å²) >= 11 is 0. The number of hydrogen-bond acceptors (Lipinski definition) is 3. The van der Waals surface area contributed by atoms with Crippen LogP contribution >= 0.6 is 0 Å². The molecule has 1 aliphatic carbocycles. The molecule has 0 aliphatic heterocycles. The lowest BCUT2D eigenvalue weighted by atomic mass is 9.95. The standard InChI is InChI=1S/C21H16N4O/c22-11-8-9-16-17(10-11)25-21(24-16)15-7-3-6-14-18(15)12-4-1-2-5-13(12)19(14)20(23)26/h1-10,19H,22H2,(H2,23,26)(H,24,25)/t19-/m1/s1. The molecule has 1 heterocycles. The molecular formula is C21H16N4O. The smallest absolute Gasteiger partial charge is 0.229 e. The summed E-state index contributed by atoms with van der Waals surface area (Å²) in [5.41, 5.74) is 18.9. The van der Waals surface area contributed by atoms with Crippen LogP contribution in [-0.2, 0) is 4.79 Å². The van der Waals surface area contributed by atoms with Crippen molar-refractivity contribution in [3.05, 3.63) is 71.8 Å². The average Bonchev–Trinajstić information content (AvgIpc) is 3.19. The molecule has 0 bridgehead atoms. The number of imidazole rings is 1. The van der Waals surface area contributed by atoms with Crippen LogP contribution in [-0.4, -0.2) is 15.9 Å². The van der Waals surface area contributed by atoms with Gasteiger partial charge in [-0.05, 0) is 40.5 Å². The number of H-pyrrole nitrogens is 1. The zero-order chi connectivity index (χ0) is 17.8. The van der Waals surface area contributed by atoms with Crippen LogP contribution < -0.4 is 11.5 Å². The largest absolute Gasteiger partial charge is 0.399 e. The number of rotatable bonds is 2. The number of aromatic amines is 1. The summed E-state index contributed by atoms with van der Waals surface area (Å²) in [6.07, 6.45) is 0. The Balaban J connectivity index is 1.80. The summed E-state index contributed by atoms with van der Waals surface area (Å²) in [7, 11) is 0. The number of nitrogen functional groups attached to an aromatic ring is 1. The fourth-order valence-corrected chi connectivity index (χ4v) is 3.91. The zero-order valence-corrected chi connectivity index (χ0v) is 13.9. The molecule has 5 N–H and O–H groups in total. The highest BCUT2D eigenvalue weighted by atomic mass is 16.1. The van der Waals surface area contributed by atoms with E-state index in [0.29, 0.717) is 5.69 Å². The number of primary amides is 1. The van der Waals surface area contributed by atoms with Crippen LogP contribution in [0.2, 0.25) is 0 Å². The van der Waals surface area contributed by atoms with Crippen LogP contribution in [0.25, 0.3) is 33.5 Å². The van der Waals surface area contributed by atoms with Gasteiger partial charge in [0.25, 0.3) is 0 Å². The van der Waals surface area contributed by atoms with Gasteiger partial charge in [0.15, 0.2) is 0 Å². The van der Waals surface area contributed by atoms with Crippen molar-refractivity contribution in [2.75, 3.05) is 5.73 Å². The number of hydrogen-bond donors (Lipinski definition) is 3. The Kier molecular flexibility index (Phi) is 2.94. The molecule has 1 aliphatic rings. The molecule has 5 rings (SSSR count). The highest BCUT2D eigenvalue weighted by molar-refractivity contribution is 6.00. The summed E-state index contributed by atoms with van der Waals surface area (Å²) in [5, 5.41) is 0. The zero-order valence-electron chi connectivity index (χ0n) is 13.9. The van der Waals surface area contributed by atoms with E-state index in [-0.39, 0.29) is 5.91 Å². The molecule has 4 aromatic rings. The van der Waals surface area contributed by atoms with Crippen molar-refractivity contribution in [3.8, 4) is 22.5 Å². The van der Waals surface area contributed by atoms with E-state index in [9.17, 15) is 4.79 Å². The second-order valence-electron chi connectivity index (χ2n) is 6.55. The summed E-state index contributed by atoms with van der Waals surface area (Å²) in [5.74, 6) is -0.0192. The maximum atomic E-state index is 12.1. The third-order valence-corrected chi connectivity index (χ3v) is 4.99. The Morgan fingerprint density at radius 3 is 2.58 bits per heavy atom. The van der Waals surface area contributed by atoms with Gasteiger partial charge in [-0.15, -0.1) is 0 Å². The molecule has 0 spiro atoms. The summed E-state index contributed by atoms with van der Waals surface area (Å²) in [6.45, 7) is 0. The van der Waals surface area contributed by atoms with E-state index >= 15 is 0 Å². The van der Waals surface area contributed by atoms with Gasteiger partial charge in [0, 0.05) is 11.3 Å². The number of nitrogens with two attached hydrogens (primary N) is 2. The third-order valence-electron chi connectivity index (χ3n) is 4.99. The number of amides is 1. The number of anilines is 1. The summed E-state index contributed by atoms with van der Waals surface area (Å²) in [6, 6.07) is 19.4. The Morgan fingerprint density at radius 1 is 0.962 bits per heavy atom. The van der Waals surface area contributed by atoms with E-state index in [1.165, 1.54) is 0 Å². The second kappa shape index (κ2) is 5.20. The summed E-state index contributed by atoms with van der Waals surface area (Å²) in [4.78, 5) is 20.2. The molecule has 126 valence electrons. The molecule has 1 aromatic heterocycles. The molecule has 0 fully saturated rings. The molecule has 1 atom stereocenters. The normalized spacial score (nSPS) is 15.0. The predicted octanol–water partition coefficient (Wildman–Crippen LogP) is 3.41. The second-order valence-corrected chi connectivity index (χ2v) is 6.55. The van der Waals surface area contributed by atoms with Gasteiger partial charge in [-0.3, -0.25) is 4.79 Å². The minimum atomic E-state index is -0.429. The van der Waals surface area contributed by atoms with Gasteiger partial charge in [-0.2, -0.15) is 0 Å². The first kappa shape index (κ1) is 14.7. The third kappa shape index (κ3) is 1.97. The fourth-order valence-electron chi connectivity index (χ4n) is 3.91. The van der Waals surface area contributed by atoms with E-state index in [0.717, 1.165) is 44.7 Å². The van der Waals surface area contributed by atoms with Crippen LogP contribution in [0.1, 0.15) is 17.0 Å². The maximum absolute atomic E-state index is 12.1. The minimum absolute atomic E-state index is 0.342. The number of nitrogens with one attached hydrogen (secondary N) is 1. The fraction of sp³-hybridized carbons (Fsp3) is 0.0476. The van der Waals surface area contributed by atoms with Gasteiger partial charge in [0.2, 0.25) is 5.91 Å². The van der Waals surface area contributed by atoms with Gasteiger partial charge in [-0.1, -0.05) is 42.5 Å². The lowest BCUT2D eigenvalue weighted by Gasteiger charge is -2.09. The van der Waals surface area contributed by atoms with Crippen LogP contribution in [0.3, 0.4) is 0 Å². The minimum Gasteiger partial charge on any atom is -0.399 e. The number of benzene rings is 3. The van der Waals surface area contributed by atoms with Crippen molar-refractivity contribution < 1.29 is 4.79 Å². The first-order valence-electron chi connectivity index (χ1n) is 8.40. The lowest BCUT2D eigenvalue weighted by molar-refractivity contribution is -0.118. The van der Waals surface area contributed by atoms with Crippen LogP contribution in [0, 0.1) is 0 Å². The molecule has 1 amide bonds. The molecule has 26 heavy (non-hydrogen) atoms. The first-order chi connectivity index (χ1) is 12.6. The number of fused-ring (bicyclic) bond motifs is 4. The summed E-state index contributed by atoms with van der Waals surface area (Å²) < 4.78 is 0. The van der Waals surface area contributed by atoms with Gasteiger partial charge in [0.05, 0.1) is 17.0 Å². The molecule has 5 nitrogen and oxygen atoms in total. The van der Waals surface area contributed by atoms with Crippen molar-refractivity contribution in [1.29, 1.82) is 0 Å². The number of aromatic nitrogens is 2. The first-order valence-corrected chi connectivity index (χ1v) is 8.40. The number of carbonyl (C=O) groups excluding carboxylic acids is 1. The van der Waals surface area contributed by atoms with Crippen molar-refractivity contribution in [1.82, 2.24) is 9.97 Å². The highest BCUT2D eigenvalue weighted by Gasteiger charge is 2.34. The van der Waals surface area contributed by atoms with E-state index < -0.39 is 5.92 Å². The van der Waals surface area contributed by atoms with E-state index in [1.807, 2.05) is 60.7 Å². The van der Waals surface area contributed by atoms with Crippen molar-refractivity contribution in [2.45, 2.75) is 5.92 Å². The van der Waals surface area contributed by atoms with Crippen molar-refractivity contribution in [3.63, 3.8) is 0 Å². The van der Waals surface area contributed by atoms with Gasteiger partial charge in [-0.25, -0.2) is 4.98 Å². The maximum Gasteiger partial charge on any atom is 0.229 e. The Hall–Kier alpha value is -3.60. The molecule has 0 saturated carbocycles. The van der Waals surface area contributed by atoms with Crippen LogP contribution in [0.15, 0.2) is 60.7 Å². The SMILES string of the molecule is NC(=O)[C@@H]1c2ccccc2-c2c(-c3nc4ccc(N)cc4[nH]3)cccc21. The van der Waals surface area contributed by atoms with Gasteiger partial charge < -0.3 is 16.5 Å². The Labute approximate surface area is 149 Å². The molecule has 0 radical (unpaired) electrons. The van der Waals surface area contributed by atoms with Crippen LogP contribution in [0.4, 0.5) is 5.69 Å². The van der Waals surface area contributed by atoms with E-state index in [1.54, 1.807) is 0 Å². The monoisotopic (exact) mass is 340 g/mol. The molecule has 3 aromatic carbocycles. The Bertz CT molecular complexity index is 1190. The van der Waals surface area contributed by atoms with Gasteiger partial charge >= 0.3 is 0 Å². The number of carbonyl (C=O) groups is 1. The molecule has 5 heteroatoms.